The lowest BCUT2D eigenvalue weighted by Gasteiger charge is -2.30. The Morgan fingerprint density at radius 1 is 1.30 bits per heavy atom. The van der Waals surface area contributed by atoms with Crippen molar-refractivity contribution in [2.75, 3.05) is 20.2 Å². The summed E-state index contributed by atoms with van der Waals surface area (Å²) in [5.74, 6) is -0.558. The number of unbranched alkanes of at least 4 members (excludes halogenated alkanes) is 1. The molecule has 0 unspecified atom stereocenters. The first-order valence-corrected chi connectivity index (χ1v) is 8.02. The van der Waals surface area contributed by atoms with Crippen molar-refractivity contribution in [2.24, 2.45) is 5.92 Å². The zero-order valence-corrected chi connectivity index (χ0v) is 13.7. The van der Waals surface area contributed by atoms with Crippen LogP contribution in [0, 0.1) is 5.92 Å². The molecule has 0 aromatic carbocycles. The molecule has 0 N–H and O–H groups in total. The molecule has 2 rings (SSSR count). The highest BCUT2D eigenvalue weighted by Crippen LogP contribution is 2.19. The van der Waals surface area contributed by atoms with Gasteiger partial charge in [0.2, 0.25) is 0 Å². The number of aromatic nitrogens is 2. The Morgan fingerprint density at radius 3 is 2.61 bits per heavy atom. The van der Waals surface area contributed by atoms with Crippen LogP contribution in [0.5, 0.6) is 0 Å². The molecule has 0 bridgehead atoms. The van der Waals surface area contributed by atoms with E-state index in [0.717, 1.165) is 12.8 Å². The average molecular weight is 321 g/mol. The summed E-state index contributed by atoms with van der Waals surface area (Å²) in [4.78, 5) is 37.5. The molecule has 0 atom stereocenters. The van der Waals surface area contributed by atoms with Gasteiger partial charge in [-0.2, -0.15) is 5.10 Å². The highest BCUT2D eigenvalue weighted by molar-refractivity contribution is 5.92. The zero-order valence-electron chi connectivity index (χ0n) is 13.7. The monoisotopic (exact) mass is 321 g/mol. The van der Waals surface area contributed by atoms with Gasteiger partial charge in [-0.05, 0) is 25.3 Å². The van der Waals surface area contributed by atoms with Gasteiger partial charge in [-0.1, -0.05) is 13.3 Å². The van der Waals surface area contributed by atoms with Crippen LogP contribution in [-0.2, 0) is 16.1 Å². The SMILES string of the molecule is CCCCn1nc(C(=O)N2CCC(C(=O)OC)CC2)ccc1=O. The number of methoxy groups -OCH3 is 1. The van der Waals surface area contributed by atoms with Crippen molar-refractivity contribution in [2.45, 2.75) is 39.2 Å². The van der Waals surface area contributed by atoms with Crippen molar-refractivity contribution in [3.63, 3.8) is 0 Å². The second-order valence-corrected chi connectivity index (χ2v) is 5.72. The van der Waals surface area contributed by atoms with E-state index in [9.17, 15) is 14.4 Å². The zero-order chi connectivity index (χ0) is 16.8. The average Bonchev–Trinajstić information content (AvgIpc) is 2.60. The first kappa shape index (κ1) is 17.2. The molecule has 1 amide bonds. The molecule has 7 nitrogen and oxygen atoms in total. The number of esters is 1. The van der Waals surface area contributed by atoms with Crippen molar-refractivity contribution < 1.29 is 14.3 Å². The summed E-state index contributed by atoms with van der Waals surface area (Å²) in [6.45, 7) is 3.54. The smallest absolute Gasteiger partial charge is 0.308 e. The number of ether oxygens (including phenoxy) is 1. The number of carbonyl (C=O) groups is 2. The van der Waals surface area contributed by atoms with Crippen LogP contribution >= 0.6 is 0 Å². The van der Waals surface area contributed by atoms with Crippen molar-refractivity contribution in [3.05, 3.63) is 28.2 Å². The van der Waals surface area contributed by atoms with E-state index in [1.165, 1.54) is 23.9 Å². The van der Waals surface area contributed by atoms with Crippen LogP contribution in [0.3, 0.4) is 0 Å². The third-order valence-corrected chi connectivity index (χ3v) is 4.13. The van der Waals surface area contributed by atoms with Crippen LogP contribution in [-0.4, -0.2) is 46.8 Å². The lowest BCUT2D eigenvalue weighted by Crippen LogP contribution is -2.41. The Morgan fingerprint density at radius 2 is 2.00 bits per heavy atom. The standard InChI is InChI=1S/C16H23N3O4/c1-3-4-9-19-14(20)6-5-13(17-19)15(21)18-10-7-12(8-11-18)16(22)23-2/h5-6,12H,3-4,7-11H2,1-2H3. The molecule has 7 heteroatoms. The van der Waals surface area contributed by atoms with E-state index < -0.39 is 0 Å². The van der Waals surface area contributed by atoms with Gasteiger partial charge in [-0.25, -0.2) is 4.68 Å². The van der Waals surface area contributed by atoms with E-state index >= 15 is 0 Å². The highest BCUT2D eigenvalue weighted by Gasteiger charge is 2.29. The molecule has 1 aliphatic heterocycles. The minimum Gasteiger partial charge on any atom is -0.469 e. The van der Waals surface area contributed by atoms with Crippen molar-refractivity contribution >= 4 is 11.9 Å². The normalized spacial score (nSPS) is 15.5. The largest absolute Gasteiger partial charge is 0.469 e. The molecule has 1 saturated heterocycles. The van der Waals surface area contributed by atoms with E-state index in [2.05, 4.69) is 5.10 Å². The summed E-state index contributed by atoms with van der Waals surface area (Å²) in [7, 11) is 1.38. The molecule has 126 valence electrons. The molecule has 0 saturated carbocycles. The Labute approximate surface area is 135 Å². The summed E-state index contributed by atoms with van der Waals surface area (Å²) in [5, 5.41) is 4.18. The molecule has 1 aliphatic rings. The number of piperidine rings is 1. The van der Waals surface area contributed by atoms with Crippen LogP contribution in [0.4, 0.5) is 0 Å². The highest BCUT2D eigenvalue weighted by atomic mass is 16.5. The number of rotatable bonds is 5. The number of nitrogens with zero attached hydrogens (tertiary/aromatic N) is 3. The predicted octanol–water partition coefficient (Wildman–Crippen LogP) is 1.07. The van der Waals surface area contributed by atoms with Crippen molar-refractivity contribution in [3.8, 4) is 0 Å². The molecule has 0 spiro atoms. The molecular weight excluding hydrogens is 298 g/mol. The molecule has 2 heterocycles. The number of likely N-dealkylation sites (tertiary alicyclic amines) is 1. The van der Waals surface area contributed by atoms with Crippen LogP contribution < -0.4 is 5.56 Å². The van der Waals surface area contributed by atoms with Crippen LogP contribution in [0.2, 0.25) is 0 Å². The number of hydrogen-bond donors (Lipinski definition) is 0. The fourth-order valence-corrected chi connectivity index (χ4v) is 2.68. The Hall–Kier alpha value is -2.18. The van der Waals surface area contributed by atoms with Gasteiger partial charge in [0.15, 0.2) is 0 Å². The summed E-state index contributed by atoms with van der Waals surface area (Å²) in [5.41, 5.74) is 0.0802. The fraction of sp³-hybridized carbons (Fsp3) is 0.625. The fourth-order valence-electron chi connectivity index (χ4n) is 2.68. The summed E-state index contributed by atoms with van der Waals surface area (Å²) in [6.07, 6.45) is 2.98. The minimum absolute atomic E-state index is 0.143. The van der Waals surface area contributed by atoms with E-state index in [4.69, 9.17) is 4.74 Å². The predicted molar refractivity (Wildman–Crippen MR) is 84.0 cm³/mol. The van der Waals surface area contributed by atoms with Crippen LogP contribution in [0.15, 0.2) is 16.9 Å². The van der Waals surface area contributed by atoms with Crippen molar-refractivity contribution in [1.82, 2.24) is 14.7 Å². The summed E-state index contributed by atoms with van der Waals surface area (Å²) in [6, 6.07) is 2.86. The molecule has 0 radical (unpaired) electrons. The van der Waals surface area contributed by atoms with E-state index in [0.29, 0.717) is 32.5 Å². The minimum atomic E-state index is -0.219. The van der Waals surface area contributed by atoms with Crippen molar-refractivity contribution in [1.29, 1.82) is 0 Å². The molecule has 1 aromatic heterocycles. The van der Waals surface area contributed by atoms with Gasteiger partial charge < -0.3 is 9.64 Å². The molecule has 0 aliphatic carbocycles. The van der Waals surface area contributed by atoms with Crippen LogP contribution in [0.1, 0.15) is 43.1 Å². The van der Waals surface area contributed by atoms with E-state index in [1.807, 2.05) is 6.92 Å². The lowest BCUT2D eigenvalue weighted by molar-refractivity contribution is -0.146. The summed E-state index contributed by atoms with van der Waals surface area (Å²) >= 11 is 0. The van der Waals surface area contributed by atoms with Gasteiger partial charge in [-0.15, -0.1) is 0 Å². The Balaban J connectivity index is 2.04. The number of amides is 1. The molecular formula is C16H23N3O4. The van der Waals surface area contributed by atoms with Gasteiger partial charge in [0.05, 0.1) is 13.0 Å². The second kappa shape index (κ2) is 7.89. The van der Waals surface area contributed by atoms with Gasteiger partial charge in [0.1, 0.15) is 5.69 Å². The first-order chi connectivity index (χ1) is 11.1. The maximum absolute atomic E-state index is 12.5. The van der Waals surface area contributed by atoms with Gasteiger partial charge in [0.25, 0.3) is 11.5 Å². The van der Waals surface area contributed by atoms with Crippen LogP contribution in [0.25, 0.3) is 0 Å². The quantitative estimate of drug-likeness (QED) is 0.758. The maximum Gasteiger partial charge on any atom is 0.308 e. The van der Waals surface area contributed by atoms with Gasteiger partial charge in [-0.3, -0.25) is 14.4 Å². The van der Waals surface area contributed by atoms with Gasteiger partial charge in [0, 0.05) is 25.7 Å². The lowest BCUT2D eigenvalue weighted by atomic mass is 9.97. The number of aryl methyl sites for hydroxylation is 1. The molecule has 1 aromatic rings. The summed E-state index contributed by atoms with van der Waals surface area (Å²) < 4.78 is 6.09. The number of hydrogen-bond acceptors (Lipinski definition) is 5. The van der Waals surface area contributed by atoms with E-state index in [-0.39, 0.29) is 29.0 Å². The maximum atomic E-state index is 12.5. The number of carbonyl (C=O) groups excluding carboxylic acids is 2. The van der Waals surface area contributed by atoms with Gasteiger partial charge >= 0.3 is 5.97 Å². The Bertz CT molecular complexity index is 618. The first-order valence-electron chi connectivity index (χ1n) is 8.02. The molecule has 1 fully saturated rings. The van der Waals surface area contributed by atoms with E-state index in [1.54, 1.807) is 4.90 Å². The third-order valence-electron chi connectivity index (χ3n) is 4.13. The third kappa shape index (κ3) is 4.18. The second-order valence-electron chi connectivity index (χ2n) is 5.72. The molecule has 23 heavy (non-hydrogen) atoms. The topological polar surface area (TPSA) is 81.5 Å². The Kier molecular flexibility index (Phi) is 5.90.